The normalized spacial score (nSPS) is 21.6. The molecule has 0 aliphatic carbocycles. The Kier molecular flexibility index (Phi) is 3.83. The summed E-state index contributed by atoms with van der Waals surface area (Å²) in [4.78, 5) is 30.9. The number of carbonyl (C=O) groups excluding carboxylic acids is 2. The second-order valence-electron chi connectivity index (χ2n) is 5.75. The molecule has 1 atom stereocenters. The summed E-state index contributed by atoms with van der Waals surface area (Å²) in [5.74, 6) is -0.253. The molecular formula is C17H18N2O2S. The quantitative estimate of drug-likeness (QED) is 0.815. The number of thiazole rings is 1. The lowest BCUT2D eigenvalue weighted by atomic mass is 9.81. The maximum absolute atomic E-state index is 12.8. The first kappa shape index (κ1) is 14.9. The Hall–Kier alpha value is -2.01. The van der Waals surface area contributed by atoms with E-state index in [1.807, 2.05) is 49.6 Å². The lowest BCUT2D eigenvalue weighted by Crippen LogP contribution is -2.36. The minimum Gasteiger partial charge on any atom is -0.276 e. The second-order valence-corrected chi connectivity index (χ2v) is 6.69. The van der Waals surface area contributed by atoms with Gasteiger partial charge in [-0.15, -0.1) is 11.3 Å². The predicted molar refractivity (Wildman–Crippen MR) is 85.5 cm³/mol. The average Bonchev–Trinajstić information content (AvgIpc) is 3.07. The molecule has 0 spiro atoms. The number of aromatic nitrogens is 1. The van der Waals surface area contributed by atoms with Crippen molar-refractivity contribution in [3.8, 4) is 0 Å². The van der Waals surface area contributed by atoms with Crippen LogP contribution in [-0.4, -0.2) is 21.7 Å². The molecule has 0 bridgehead atoms. The van der Waals surface area contributed by atoms with Crippen LogP contribution in [0.25, 0.3) is 0 Å². The molecular weight excluding hydrogens is 296 g/mol. The van der Waals surface area contributed by atoms with Crippen molar-refractivity contribution in [3.63, 3.8) is 0 Å². The highest BCUT2D eigenvalue weighted by molar-refractivity contribution is 7.09. The van der Waals surface area contributed by atoms with E-state index < -0.39 is 5.41 Å². The Morgan fingerprint density at radius 3 is 2.64 bits per heavy atom. The van der Waals surface area contributed by atoms with Gasteiger partial charge < -0.3 is 0 Å². The van der Waals surface area contributed by atoms with E-state index in [0.29, 0.717) is 0 Å². The standard InChI is InChI=1S/C17H18N2O2S/c1-3-14-18-13(11-22-14)10-19-15(20)9-17(2,16(19)21)12-7-5-4-6-8-12/h4-8,11H,3,9-10H2,1-2H3/t17-/m1/s1. The van der Waals surface area contributed by atoms with Gasteiger partial charge in [0.15, 0.2) is 0 Å². The van der Waals surface area contributed by atoms with Crippen LogP contribution < -0.4 is 0 Å². The fourth-order valence-electron chi connectivity index (χ4n) is 2.82. The molecule has 5 heteroatoms. The zero-order chi connectivity index (χ0) is 15.7. The Morgan fingerprint density at radius 1 is 1.27 bits per heavy atom. The van der Waals surface area contributed by atoms with E-state index >= 15 is 0 Å². The number of carbonyl (C=O) groups is 2. The first-order valence-corrected chi connectivity index (χ1v) is 8.26. The van der Waals surface area contributed by atoms with Gasteiger partial charge in [0.2, 0.25) is 11.8 Å². The van der Waals surface area contributed by atoms with E-state index in [0.717, 1.165) is 22.7 Å². The maximum atomic E-state index is 12.8. The zero-order valence-corrected chi connectivity index (χ0v) is 13.5. The highest BCUT2D eigenvalue weighted by atomic mass is 32.1. The summed E-state index contributed by atoms with van der Waals surface area (Å²) in [6.45, 7) is 4.17. The number of benzene rings is 1. The average molecular weight is 314 g/mol. The fourth-order valence-corrected chi connectivity index (χ4v) is 3.56. The fraction of sp³-hybridized carbons (Fsp3) is 0.353. The van der Waals surface area contributed by atoms with Crippen LogP contribution in [-0.2, 0) is 28.0 Å². The molecule has 1 aromatic heterocycles. The first-order valence-electron chi connectivity index (χ1n) is 7.38. The van der Waals surface area contributed by atoms with Crippen LogP contribution in [0.4, 0.5) is 0 Å². The SMILES string of the molecule is CCc1nc(CN2C(=O)C[C@](C)(c3ccccc3)C2=O)cs1. The summed E-state index contributed by atoms with van der Waals surface area (Å²) in [6.07, 6.45) is 1.09. The predicted octanol–water partition coefficient (Wildman–Crippen LogP) is 2.92. The molecule has 22 heavy (non-hydrogen) atoms. The Labute approximate surface area is 133 Å². The zero-order valence-electron chi connectivity index (χ0n) is 12.7. The summed E-state index contributed by atoms with van der Waals surface area (Å²) < 4.78 is 0. The van der Waals surface area contributed by atoms with Crippen LogP contribution in [0.3, 0.4) is 0 Å². The molecule has 2 heterocycles. The molecule has 1 aromatic carbocycles. The van der Waals surface area contributed by atoms with Gasteiger partial charge in [0.1, 0.15) is 0 Å². The monoisotopic (exact) mass is 314 g/mol. The molecule has 2 aromatic rings. The maximum Gasteiger partial charge on any atom is 0.240 e. The number of nitrogens with zero attached hydrogens (tertiary/aromatic N) is 2. The van der Waals surface area contributed by atoms with Gasteiger partial charge in [0.05, 0.1) is 22.7 Å². The van der Waals surface area contributed by atoms with E-state index in [2.05, 4.69) is 4.98 Å². The van der Waals surface area contributed by atoms with Gasteiger partial charge in [-0.25, -0.2) is 4.98 Å². The molecule has 1 aliphatic rings. The summed E-state index contributed by atoms with van der Waals surface area (Å²) in [5, 5.41) is 2.96. The van der Waals surface area contributed by atoms with Crippen LogP contribution in [0.2, 0.25) is 0 Å². The molecule has 1 saturated heterocycles. The van der Waals surface area contributed by atoms with Crippen molar-refractivity contribution in [1.29, 1.82) is 0 Å². The minimum atomic E-state index is -0.762. The van der Waals surface area contributed by atoms with Gasteiger partial charge in [-0.3, -0.25) is 14.5 Å². The summed E-state index contributed by atoms with van der Waals surface area (Å²) in [7, 11) is 0. The third-order valence-electron chi connectivity index (χ3n) is 4.16. The topological polar surface area (TPSA) is 50.3 Å². The van der Waals surface area contributed by atoms with Crippen molar-refractivity contribution in [2.24, 2.45) is 0 Å². The third-order valence-corrected chi connectivity index (χ3v) is 5.20. The van der Waals surface area contributed by atoms with E-state index in [4.69, 9.17) is 0 Å². The molecule has 1 aliphatic heterocycles. The number of hydrogen-bond acceptors (Lipinski definition) is 4. The Bertz CT molecular complexity index is 710. The minimum absolute atomic E-state index is 0.123. The highest BCUT2D eigenvalue weighted by Crippen LogP contribution is 2.36. The van der Waals surface area contributed by atoms with Crippen molar-refractivity contribution in [1.82, 2.24) is 9.88 Å². The lowest BCUT2D eigenvalue weighted by Gasteiger charge is -2.22. The summed E-state index contributed by atoms with van der Waals surface area (Å²) >= 11 is 1.57. The van der Waals surface area contributed by atoms with Gasteiger partial charge in [0.25, 0.3) is 0 Å². The van der Waals surface area contributed by atoms with E-state index in [9.17, 15) is 9.59 Å². The van der Waals surface area contributed by atoms with Crippen LogP contribution in [0.15, 0.2) is 35.7 Å². The molecule has 114 valence electrons. The Morgan fingerprint density at radius 2 is 2.00 bits per heavy atom. The van der Waals surface area contributed by atoms with Gasteiger partial charge in [-0.05, 0) is 18.9 Å². The largest absolute Gasteiger partial charge is 0.276 e. The number of amides is 2. The van der Waals surface area contributed by atoms with E-state index in [1.165, 1.54) is 4.90 Å². The second kappa shape index (κ2) is 5.65. The smallest absolute Gasteiger partial charge is 0.240 e. The van der Waals surface area contributed by atoms with Crippen molar-refractivity contribution in [2.45, 2.75) is 38.6 Å². The molecule has 1 fully saturated rings. The number of hydrogen-bond donors (Lipinski definition) is 0. The molecule has 0 saturated carbocycles. The van der Waals surface area contributed by atoms with Crippen LogP contribution in [0, 0.1) is 0 Å². The van der Waals surface area contributed by atoms with Crippen LogP contribution >= 0.6 is 11.3 Å². The van der Waals surface area contributed by atoms with Crippen molar-refractivity contribution >= 4 is 23.2 Å². The van der Waals surface area contributed by atoms with Crippen molar-refractivity contribution in [3.05, 3.63) is 52.0 Å². The summed E-state index contributed by atoms with van der Waals surface area (Å²) in [5.41, 5.74) is 0.923. The molecule has 2 amide bonds. The van der Waals surface area contributed by atoms with Crippen LogP contribution in [0.5, 0.6) is 0 Å². The molecule has 3 rings (SSSR count). The molecule has 4 nitrogen and oxygen atoms in total. The highest BCUT2D eigenvalue weighted by Gasteiger charge is 2.49. The first-order chi connectivity index (χ1) is 10.5. The number of rotatable bonds is 4. The molecule has 0 radical (unpaired) electrons. The summed E-state index contributed by atoms with van der Waals surface area (Å²) in [6, 6.07) is 9.52. The Balaban J connectivity index is 1.85. The van der Waals surface area contributed by atoms with Gasteiger partial charge in [-0.2, -0.15) is 0 Å². The number of imide groups is 1. The van der Waals surface area contributed by atoms with E-state index in [1.54, 1.807) is 11.3 Å². The van der Waals surface area contributed by atoms with Crippen molar-refractivity contribution < 1.29 is 9.59 Å². The van der Waals surface area contributed by atoms with Crippen molar-refractivity contribution in [2.75, 3.05) is 0 Å². The van der Waals surface area contributed by atoms with Gasteiger partial charge in [-0.1, -0.05) is 37.3 Å². The number of aryl methyl sites for hydroxylation is 1. The number of likely N-dealkylation sites (tertiary alicyclic amines) is 1. The third kappa shape index (κ3) is 2.46. The van der Waals surface area contributed by atoms with Gasteiger partial charge in [0, 0.05) is 11.8 Å². The lowest BCUT2D eigenvalue weighted by molar-refractivity contribution is -0.140. The van der Waals surface area contributed by atoms with Crippen LogP contribution in [0.1, 0.15) is 36.5 Å². The molecule has 0 N–H and O–H groups in total. The molecule has 0 unspecified atom stereocenters. The van der Waals surface area contributed by atoms with E-state index in [-0.39, 0.29) is 24.8 Å². The van der Waals surface area contributed by atoms with Gasteiger partial charge >= 0.3 is 0 Å².